The summed E-state index contributed by atoms with van der Waals surface area (Å²) >= 11 is 0. The van der Waals surface area contributed by atoms with Gasteiger partial charge in [-0.15, -0.1) is 0 Å². The van der Waals surface area contributed by atoms with Gasteiger partial charge in [-0.25, -0.2) is 9.18 Å². The highest BCUT2D eigenvalue weighted by Gasteiger charge is 2.17. The first-order chi connectivity index (χ1) is 9.51. The molecule has 7 nitrogen and oxygen atoms in total. The van der Waals surface area contributed by atoms with E-state index in [0.29, 0.717) is 5.75 Å². The second-order valence-electron chi connectivity index (χ2n) is 3.53. The summed E-state index contributed by atoms with van der Waals surface area (Å²) in [5, 5.41) is 28.6. The number of benzene rings is 1. The maximum absolute atomic E-state index is 13.5. The maximum atomic E-state index is 13.5. The molecule has 20 heavy (non-hydrogen) atoms. The lowest BCUT2D eigenvalue weighted by Crippen LogP contribution is -2.41. The van der Waals surface area contributed by atoms with Crippen molar-refractivity contribution >= 4 is 17.4 Å². The summed E-state index contributed by atoms with van der Waals surface area (Å²) < 4.78 is 18.3. The topological polar surface area (TPSA) is 122 Å². The smallest absolute Gasteiger partial charge is 0.320 e. The average molecular weight is 275 g/mol. The van der Waals surface area contributed by atoms with Crippen molar-refractivity contribution < 1.29 is 13.9 Å². The van der Waals surface area contributed by atoms with Crippen LogP contribution in [-0.4, -0.2) is 24.9 Å². The highest BCUT2D eigenvalue weighted by atomic mass is 19.1. The summed E-state index contributed by atoms with van der Waals surface area (Å²) in [5.41, 5.74) is -0.768. The van der Waals surface area contributed by atoms with Crippen LogP contribution in [0.5, 0.6) is 5.75 Å². The highest BCUT2D eigenvalue weighted by molar-refractivity contribution is 6.04. The number of nitriles is 2. The van der Waals surface area contributed by atoms with E-state index in [4.69, 9.17) is 20.7 Å². The van der Waals surface area contributed by atoms with Crippen LogP contribution in [0.1, 0.15) is 0 Å². The third-order valence-corrected chi connectivity index (χ3v) is 2.24. The average Bonchev–Trinajstić information content (AvgIpc) is 2.46. The SMILES string of the molecule is COc1ccc(F)c(NC(=O)NC(C#N)C(=N)C#N)c1. The Morgan fingerprint density at radius 3 is 2.75 bits per heavy atom. The molecule has 102 valence electrons. The first-order valence-corrected chi connectivity index (χ1v) is 5.31. The van der Waals surface area contributed by atoms with E-state index in [1.54, 1.807) is 6.07 Å². The van der Waals surface area contributed by atoms with Gasteiger partial charge in [0.1, 0.15) is 23.3 Å². The van der Waals surface area contributed by atoms with Crippen molar-refractivity contribution in [3.8, 4) is 17.9 Å². The van der Waals surface area contributed by atoms with E-state index in [2.05, 4.69) is 10.6 Å². The molecule has 1 atom stereocenters. The number of ether oxygens (including phenoxy) is 1. The molecule has 1 aromatic rings. The minimum absolute atomic E-state index is 0.151. The van der Waals surface area contributed by atoms with Crippen molar-refractivity contribution in [1.29, 1.82) is 15.9 Å². The molecule has 0 heterocycles. The number of hydrogen-bond acceptors (Lipinski definition) is 5. The Balaban J connectivity index is 2.79. The van der Waals surface area contributed by atoms with Gasteiger partial charge in [0.05, 0.1) is 18.9 Å². The number of carbonyl (C=O) groups excluding carboxylic acids is 1. The van der Waals surface area contributed by atoms with Gasteiger partial charge in [-0.3, -0.25) is 5.41 Å². The van der Waals surface area contributed by atoms with E-state index in [9.17, 15) is 9.18 Å². The number of nitrogens with zero attached hydrogens (tertiary/aromatic N) is 2. The van der Waals surface area contributed by atoms with E-state index >= 15 is 0 Å². The van der Waals surface area contributed by atoms with E-state index in [-0.39, 0.29) is 5.69 Å². The number of urea groups is 1. The molecule has 0 aromatic heterocycles. The molecule has 0 aliphatic carbocycles. The fourth-order valence-electron chi connectivity index (χ4n) is 1.25. The quantitative estimate of drug-likeness (QED) is 0.718. The van der Waals surface area contributed by atoms with Gasteiger partial charge in [-0.2, -0.15) is 10.5 Å². The van der Waals surface area contributed by atoms with Crippen molar-refractivity contribution in [3.63, 3.8) is 0 Å². The zero-order valence-corrected chi connectivity index (χ0v) is 10.4. The van der Waals surface area contributed by atoms with Crippen LogP contribution in [0, 0.1) is 33.9 Å². The minimum Gasteiger partial charge on any atom is -0.497 e. The zero-order valence-electron chi connectivity index (χ0n) is 10.4. The second kappa shape index (κ2) is 6.71. The molecule has 8 heteroatoms. The standard InChI is InChI=1S/C12H10FN5O2/c1-20-7-2-3-8(13)10(4-7)17-12(19)18-11(6-15)9(16)5-14/h2-4,11,16H,1H3,(H2,17,18,19). The monoisotopic (exact) mass is 275 g/mol. The number of methoxy groups -OCH3 is 1. The van der Waals surface area contributed by atoms with Crippen molar-refractivity contribution in [3.05, 3.63) is 24.0 Å². The van der Waals surface area contributed by atoms with Crippen LogP contribution in [0.2, 0.25) is 0 Å². The van der Waals surface area contributed by atoms with Gasteiger partial charge < -0.3 is 15.4 Å². The van der Waals surface area contributed by atoms with Gasteiger partial charge >= 0.3 is 6.03 Å². The number of anilines is 1. The lowest BCUT2D eigenvalue weighted by molar-refractivity contribution is 0.252. The Morgan fingerprint density at radius 2 is 2.20 bits per heavy atom. The van der Waals surface area contributed by atoms with Gasteiger partial charge in [0.2, 0.25) is 0 Å². The molecule has 0 spiro atoms. The Morgan fingerprint density at radius 1 is 1.50 bits per heavy atom. The summed E-state index contributed by atoms with van der Waals surface area (Å²) in [5.74, 6) is -0.354. The molecule has 1 unspecified atom stereocenters. The van der Waals surface area contributed by atoms with Crippen molar-refractivity contribution in [2.75, 3.05) is 12.4 Å². The number of hydrogen-bond donors (Lipinski definition) is 3. The first kappa shape index (κ1) is 14.9. The Labute approximate surface area is 114 Å². The van der Waals surface area contributed by atoms with E-state index in [1.165, 1.54) is 25.3 Å². The summed E-state index contributed by atoms with van der Waals surface area (Å²) in [4.78, 5) is 11.6. The predicted octanol–water partition coefficient (Wildman–Crippen LogP) is 1.39. The fraction of sp³-hybridized carbons (Fsp3) is 0.167. The third kappa shape index (κ3) is 3.68. The van der Waals surface area contributed by atoms with Gasteiger partial charge in [0.15, 0.2) is 6.04 Å². The minimum atomic E-state index is -1.39. The predicted molar refractivity (Wildman–Crippen MR) is 67.8 cm³/mol. The fourth-order valence-corrected chi connectivity index (χ4v) is 1.25. The number of carbonyl (C=O) groups is 1. The Hall–Kier alpha value is -3.13. The molecular weight excluding hydrogens is 265 g/mol. The van der Waals surface area contributed by atoms with Gasteiger partial charge in [-0.05, 0) is 12.1 Å². The molecule has 0 aliphatic rings. The normalized spacial score (nSPS) is 10.6. The Bertz CT molecular complexity index is 617. The van der Waals surface area contributed by atoms with Crippen LogP contribution in [0.15, 0.2) is 18.2 Å². The largest absolute Gasteiger partial charge is 0.497 e. The highest BCUT2D eigenvalue weighted by Crippen LogP contribution is 2.20. The zero-order chi connectivity index (χ0) is 15.1. The van der Waals surface area contributed by atoms with E-state index < -0.39 is 23.6 Å². The van der Waals surface area contributed by atoms with Gasteiger partial charge in [-0.1, -0.05) is 0 Å². The van der Waals surface area contributed by atoms with Crippen LogP contribution in [-0.2, 0) is 0 Å². The molecular formula is C12H10FN5O2. The molecule has 2 amide bonds. The maximum Gasteiger partial charge on any atom is 0.320 e. The molecule has 0 radical (unpaired) electrons. The van der Waals surface area contributed by atoms with Crippen LogP contribution in [0.3, 0.4) is 0 Å². The summed E-state index contributed by atoms with van der Waals surface area (Å²) in [6.45, 7) is 0. The molecule has 1 rings (SSSR count). The summed E-state index contributed by atoms with van der Waals surface area (Å²) in [6.07, 6.45) is 0. The van der Waals surface area contributed by atoms with E-state index in [1.807, 2.05) is 0 Å². The van der Waals surface area contributed by atoms with Gasteiger partial charge in [0, 0.05) is 6.07 Å². The molecule has 0 saturated heterocycles. The van der Waals surface area contributed by atoms with Crippen LogP contribution >= 0.6 is 0 Å². The van der Waals surface area contributed by atoms with Crippen LogP contribution in [0.25, 0.3) is 0 Å². The van der Waals surface area contributed by atoms with Crippen molar-refractivity contribution in [1.82, 2.24) is 5.32 Å². The lowest BCUT2D eigenvalue weighted by atomic mass is 10.2. The number of amides is 2. The van der Waals surface area contributed by atoms with Crippen molar-refractivity contribution in [2.24, 2.45) is 0 Å². The number of rotatable bonds is 4. The van der Waals surface area contributed by atoms with Gasteiger partial charge in [0.25, 0.3) is 0 Å². The first-order valence-electron chi connectivity index (χ1n) is 5.31. The summed E-state index contributed by atoms with van der Waals surface area (Å²) in [6, 6.07) is 4.44. The summed E-state index contributed by atoms with van der Waals surface area (Å²) in [7, 11) is 1.39. The third-order valence-electron chi connectivity index (χ3n) is 2.24. The molecule has 0 aliphatic heterocycles. The van der Waals surface area contributed by atoms with Crippen molar-refractivity contribution in [2.45, 2.75) is 6.04 Å². The molecule has 1 aromatic carbocycles. The van der Waals surface area contributed by atoms with E-state index in [0.717, 1.165) is 6.07 Å². The molecule has 0 fully saturated rings. The number of nitrogens with one attached hydrogen (secondary N) is 3. The van der Waals surface area contributed by atoms with Crippen LogP contribution < -0.4 is 15.4 Å². The lowest BCUT2D eigenvalue weighted by Gasteiger charge is -2.11. The van der Waals surface area contributed by atoms with Crippen LogP contribution in [0.4, 0.5) is 14.9 Å². The molecule has 3 N–H and O–H groups in total. The molecule has 0 saturated carbocycles. The second-order valence-corrected chi connectivity index (χ2v) is 3.53. The number of halogens is 1. The molecule has 0 bridgehead atoms. The Kier molecular flexibility index (Phi) is 5.01.